The number of rotatable bonds is 11. The molecule has 1 unspecified atom stereocenters. The molecule has 0 N–H and O–H groups in total. The second kappa shape index (κ2) is 15.2. The van der Waals surface area contributed by atoms with Crippen molar-refractivity contribution in [1.29, 1.82) is 0 Å². The van der Waals surface area contributed by atoms with Crippen LogP contribution in [-0.2, 0) is 23.7 Å². The lowest BCUT2D eigenvalue weighted by Crippen LogP contribution is -2.47. The summed E-state index contributed by atoms with van der Waals surface area (Å²) in [5.74, 6) is -2.72. The summed E-state index contributed by atoms with van der Waals surface area (Å²) in [6.07, 6.45) is -3.04. The first kappa shape index (κ1) is 31.5. The van der Waals surface area contributed by atoms with Gasteiger partial charge in [-0.05, 0) is 54.8 Å². The van der Waals surface area contributed by atoms with Crippen LogP contribution in [0.3, 0.4) is 0 Å². The van der Waals surface area contributed by atoms with Gasteiger partial charge in [0.2, 0.25) is 0 Å². The normalized spacial score (nSPS) is 19.6. The quantitative estimate of drug-likeness (QED) is 0.154. The minimum atomic E-state index is -1.26. The summed E-state index contributed by atoms with van der Waals surface area (Å²) in [7, 11) is 0. The van der Waals surface area contributed by atoms with E-state index in [2.05, 4.69) is 0 Å². The summed E-state index contributed by atoms with van der Waals surface area (Å²) in [4.78, 5) is 52.7. The van der Waals surface area contributed by atoms with Crippen LogP contribution in [0.15, 0.2) is 121 Å². The van der Waals surface area contributed by atoms with Crippen LogP contribution in [0.2, 0.25) is 0 Å². The van der Waals surface area contributed by atoms with Crippen molar-refractivity contribution in [3.63, 3.8) is 0 Å². The number of hydrogen-bond donors (Lipinski definition) is 0. The van der Waals surface area contributed by atoms with E-state index in [0.29, 0.717) is 5.56 Å². The molecular formula is C35H30O9S. The first-order chi connectivity index (χ1) is 21.9. The largest absolute Gasteiger partial charge is 0.458 e. The van der Waals surface area contributed by atoms with E-state index in [1.54, 1.807) is 128 Å². The molecule has 4 aromatic rings. The summed E-state index contributed by atoms with van der Waals surface area (Å²) in [5, 5.41) is 0. The fourth-order valence-electron chi connectivity index (χ4n) is 4.72. The van der Waals surface area contributed by atoms with Gasteiger partial charge in [-0.1, -0.05) is 72.8 Å². The zero-order valence-corrected chi connectivity index (χ0v) is 25.0. The van der Waals surface area contributed by atoms with Crippen molar-refractivity contribution in [2.24, 2.45) is 0 Å². The van der Waals surface area contributed by atoms with E-state index >= 15 is 0 Å². The van der Waals surface area contributed by atoms with Gasteiger partial charge in [0.05, 0.1) is 22.3 Å². The minimum Gasteiger partial charge on any atom is -0.458 e. The predicted molar refractivity (Wildman–Crippen MR) is 166 cm³/mol. The standard InChI is InChI=1S/C35H30O9S/c1-45-35-30(43-34(39)26-20-12-5-13-21-26)29(42-33(38)25-18-10-4-11-19-25)28(44-35)27(41-32(37)24-16-8-3-9-17-24)22-40-31(36)23-14-6-2-7-15-23/h2-21,27-30,35H,22H2,1H3/t27-,28+,29+,30-,35?/m1/s1. The number of esters is 4. The van der Waals surface area contributed by atoms with Gasteiger partial charge in [-0.15, -0.1) is 11.8 Å². The molecule has 1 saturated heterocycles. The Labute approximate surface area is 264 Å². The zero-order valence-electron chi connectivity index (χ0n) is 24.2. The molecule has 230 valence electrons. The third-order valence-electron chi connectivity index (χ3n) is 6.97. The molecule has 5 rings (SSSR count). The van der Waals surface area contributed by atoms with Gasteiger partial charge in [-0.3, -0.25) is 0 Å². The number of ether oxygens (including phenoxy) is 5. The van der Waals surface area contributed by atoms with Gasteiger partial charge >= 0.3 is 23.9 Å². The molecule has 9 nitrogen and oxygen atoms in total. The molecule has 45 heavy (non-hydrogen) atoms. The molecule has 1 aliphatic rings. The van der Waals surface area contributed by atoms with E-state index in [4.69, 9.17) is 23.7 Å². The van der Waals surface area contributed by atoms with Crippen molar-refractivity contribution < 1.29 is 42.9 Å². The van der Waals surface area contributed by atoms with Crippen LogP contribution < -0.4 is 0 Å². The van der Waals surface area contributed by atoms with E-state index in [-0.39, 0.29) is 16.7 Å². The second-order valence-electron chi connectivity index (χ2n) is 9.95. The van der Waals surface area contributed by atoms with Crippen LogP contribution in [0.25, 0.3) is 0 Å². The van der Waals surface area contributed by atoms with Crippen molar-refractivity contribution in [3.05, 3.63) is 144 Å². The lowest BCUT2D eigenvalue weighted by atomic mass is 10.1. The molecule has 1 aliphatic heterocycles. The van der Waals surface area contributed by atoms with Crippen molar-refractivity contribution in [1.82, 2.24) is 0 Å². The summed E-state index contributed by atoms with van der Waals surface area (Å²) in [6.45, 7) is -0.434. The SMILES string of the molecule is CSC1O[C@@H]([C@@H](COC(=O)c2ccccc2)OC(=O)c2ccccc2)[C@H](OC(=O)c2ccccc2)[C@H]1OC(=O)c1ccccc1. The lowest BCUT2D eigenvalue weighted by molar-refractivity contribution is -0.0898. The van der Waals surface area contributed by atoms with E-state index < -0.39 is 60.3 Å². The Morgan fingerprint density at radius 3 is 1.44 bits per heavy atom. The molecule has 0 spiro atoms. The highest BCUT2D eigenvalue weighted by Gasteiger charge is 2.54. The third kappa shape index (κ3) is 7.97. The smallest absolute Gasteiger partial charge is 0.338 e. The fourth-order valence-corrected chi connectivity index (χ4v) is 5.44. The highest BCUT2D eigenvalue weighted by molar-refractivity contribution is 7.99. The van der Waals surface area contributed by atoms with Crippen LogP contribution in [0.5, 0.6) is 0 Å². The number of benzene rings is 4. The van der Waals surface area contributed by atoms with Gasteiger partial charge in [0.25, 0.3) is 0 Å². The predicted octanol–water partition coefficient (Wildman–Crippen LogP) is 5.61. The van der Waals surface area contributed by atoms with Crippen molar-refractivity contribution in [2.45, 2.75) is 29.9 Å². The lowest BCUT2D eigenvalue weighted by Gasteiger charge is -2.28. The summed E-state index contributed by atoms with van der Waals surface area (Å²) >= 11 is 1.22. The van der Waals surface area contributed by atoms with Crippen LogP contribution in [0.1, 0.15) is 41.4 Å². The van der Waals surface area contributed by atoms with E-state index in [9.17, 15) is 19.2 Å². The Morgan fingerprint density at radius 2 is 1.00 bits per heavy atom. The average molecular weight is 627 g/mol. The zero-order chi connectivity index (χ0) is 31.6. The first-order valence-electron chi connectivity index (χ1n) is 14.1. The molecule has 10 heteroatoms. The van der Waals surface area contributed by atoms with E-state index in [1.165, 1.54) is 11.8 Å². The molecule has 0 saturated carbocycles. The van der Waals surface area contributed by atoms with Gasteiger partial charge in [-0.25, -0.2) is 19.2 Å². The van der Waals surface area contributed by atoms with Gasteiger partial charge in [0.1, 0.15) is 18.1 Å². The van der Waals surface area contributed by atoms with Crippen LogP contribution in [0.4, 0.5) is 0 Å². The minimum absolute atomic E-state index is 0.251. The average Bonchev–Trinajstić information content (AvgIpc) is 3.43. The molecule has 1 heterocycles. The van der Waals surface area contributed by atoms with E-state index in [1.807, 2.05) is 0 Å². The molecule has 1 fully saturated rings. The van der Waals surface area contributed by atoms with Gasteiger partial charge in [0.15, 0.2) is 18.3 Å². The summed E-state index contributed by atoms with van der Waals surface area (Å²) in [6, 6.07) is 33.2. The van der Waals surface area contributed by atoms with Gasteiger partial charge in [0, 0.05) is 0 Å². The summed E-state index contributed by atoms with van der Waals surface area (Å²) in [5.41, 5.74) is 0.268. The number of carbonyl (C=O) groups excluding carboxylic acids is 4. The molecule has 0 bridgehead atoms. The van der Waals surface area contributed by atoms with Crippen LogP contribution in [-0.4, -0.2) is 66.6 Å². The molecule has 0 radical (unpaired) electrons. The molecule has 0 aromatic heterocycles. The van der Waals surface area contributed by atoms with Crippen LogP contribution in [0, 0.1) is 0 Å². The Morgan fingerprint density at radius 1 is 0.600 bits per heavy atom. The maximum Gasteiger partial charge on any atom is 0.338 e. The monoisotopic (exact) mass is 626 g/mol. The Balaban J connectivity index is 1.47. The van der Waals surface area contributed by atoms with Crippen LogP contribution >= 0.6 is 11.8 Å². The molecule has 0 amide bonds. The molecule has 5 atom stereocenters. The summed E-state index contributed by atoms with van der Waals surface area (Å²) < 4.78 is 29.6. The second-order valence-corrected chi connectivity index (χ2v) is 10.9. The number of hydrogen-bond acceptors (Lipinski definition) is 10. The Hall–Kier alpha value is -4.93. The Kier molecular flexibility index (Phi) is 10.6. The van der Waals surface area contributed by atoms with Crippen molar-refractivity contribution in [3.8, 4) is 0 Å². The number of carbonyl (C=O) groups is 4. The maximum atomic E-state index is 13.3. The fraction of sp³-hybridized carbons (Fsp3) is 0.200. The third-order valence-corrected chi connectivity index (χ3v) is 7.81. The molecule has 4 aromatic carbocycles. The first-order valence-corrected chi connectivity index (χ1v) is 15.4. The topological polar surface area (TPSA) is 114 Å². The highest BCUT2D eigenvalue weighted by Crippen LogP contribution is 2.36. The Bertz CT molecular complexity index is 1580. The van der Waals surface area contributed by atoms with Gasteiger partial charge < -0.3 is 23.7 Å². The van der Waals surface area contributed by atoms with Crippen molar-refractivity contribution >= 4 is 35.6 Å². The van der Waals surface area contributed by atoms with E-state index in [0.717, 1.165) is 0 Å². The maximum absolute atomic E-state index is 13.3. The van der Waals surface area contributed by atoms with Gasteiger partial charge in [-0.2, -0.15) is 0 Å². The van der Waals surface area contributed by atoms with Crippen molar-refractivity contribution in [2.75, 3.05) is 12.9 Å². The molecule has 0 aliphatic carbocycles. The number of thioether (sulfide) groups is 1. The highest BCUT2D eigenvalue weighted by atomic mass is 32.2. The molecular weight excluding hydrogens is 596 g/mol.